The van der Waals surface area contributed by atoms with Crippen molar-refractivity contribution in [3.8, 4) is 11.9 Å². The maximum absolute atomic E-state index is 14.6. The number of para-hydroxylation sites is 2. The molecule has 2 amide bonds. The van der Waals surface area contributed by atoms with Gasteiger partial charge in [0.15, 0.2) is 0 Å². The van der Waals surface area contributed by atoms with Crippen LogP contribution in [-0.4, -0.2) is 132 Å². The molecule has 18 heteroatoms. The van der Waals surface area contributed by atoms with Crippen molar-refractivity contribution in [2.75, 3.05) is 59.4 Å². The minimum Gasteiger partial charge on any atom is -0.341 e. The van der Waals surface area contributed by atoms with Crippen LogP contribution in [0.3, 0.4) is 0 Å². The molecular weight excluding hydrogens is 809 g/mol. The van der Waals surface area contributed by atoms with Crippen LogP contribution in [0, 0.1) is 11.6 Å². The summed E-state index contributed by atoms with van der Waals surface area (Å²) in [5.74, 6) is 1.54. The zero-order chi connectivity index (χ0) is 42.7. The molecule has 6 aromatic rings. The van der Waals surface area contributed by atoms with E-state index in [-0.39, 0.29) is 48.9 Å². The van der Waals surface area contributed by atoms with Gasteiger partial charge in [0.2, 0.25) is 11.8 Å². The van der Waals surface area contributed by atoms with Gasteiger partial charge >= 0.3 is 6.03 Å². The molecule has 4 saturated heterocycles. The maximum Gasteiger partial charge on any atom is 0.317 e. The second kappa shape index (κ2) is 19.6. The molecule has 4 aliphatic heterocycles. The second-order valence-electron chi connectivity index (χ2n) is 17.0. The van der Waals surface area contributed by atoms with E-state index < -0.39 is 0 Å². The standard InChI is InChI=1S/C23H30FN7O2.C21H27FN6O.CH4/c1-3-19-17-7-4-8-18(24)20(17)31(27-19)22-26-21(33-28-22)15-9-12-29(13-10-15)14-16-6-5-11-30(16)23(32)25-2;1-2-18-16-6-3-7-17(22)19(16)28(25-18)21-24-20(29-26-21)14-8-11-27(12-9-14)13-15-5-4-10-23-15;/h4,7-8,15-16H,3,5-6,9-14H2,1-2H3,(H,25,32);3,6-7,14-15,23H,2,4-5,8-13H2,1H3;1H4/t16-;15-;/m11./s1. The molecule has 4 aliphatic rings. The molecule has 2 atom stereocenters. The lowest BCUT2D eigenvalue weighted by Gasteiger charge is -2.34. The molecule has 0 bridgehead atoms. The van der Waals surface area contributed by atoms with Gasteiger partial charge in [-0.3, -0.25) is 0 Å². The quantitative estimate of drug-likeness (QED) is 0.149. The van der Waals surface area contributed by atoms with E-state index >= 15 is 0 Å². The van der Waals surface area contributed by atoms with Gasteiger partial charge in [0.25, 0.3) is 11.9 Å². The number of aryl methyl sites for hydroxylation is 2. The summed E-state index contributed by atoms with van der Waals surface area (Å²) in [6.45, 7) is 11.9. The number of nitrogens with zero attached hydrogens (tertiary/aromatic N) is 11. The minimum absolute atomic E-state index is 0. The summed E-state index contributed by atoms with van der Waals surface area (Å²) in [4.78, 5) is 28.2. The SMILES string of the molecule is C.CCc1nn(-c2noc(C3CCN(C[C@H]4CCCN4)CC3)n2)c2c(F)cccc12.CCc1nn(-c2noc(C3CCN(C[C@H]4CCCN4C(=O)NC)CC3)n2)c2c(F)cccc12. The molecule has 0 saturated carbocycles. The molecular formula is C45H61F2N13O3. The molecule has 8 heterocycles. The summed E-state index contributed by atoms with van der Waals surface area (Å²) >= 11 is 0. The van der Waals surface area contributed by atoms with Crippen LogP contribution in [0.5, 0.6) is 0 Å². The first kappa shape index (κ1) is 44.3. The largest absolute Gasteiger partial charge is 0.341 e. The molecule has 2 N–H and O–H groups in total. The van der Waals surface area contributed by atoms with E-state index in [0.717, 1.165) is 113 Å². The maximum atomic E-state index is 14.6. The molecule has 10 rings (SSSR count). The number of likely N-dealkylation sites (tertiary alicyclic amines) is 3. The number of aromatic nitrogens is 8. The number of rotatable bonds is 10. The monoisotopic (exact) mass is 869 g/mol. The normalized spacial score (nSPS) is 20.4. The van der Waals surface area contributed by atoms with Gasteiger partial charge in [0.05, 0.1) is 11.4 Å². The fraction of sp³-hybridized carbons (Fsp3) is 0.578. The summed E-state index contributed by atoms with van der Waals surface area (Å²) in [5, 5.41) is 25.2. The number of carbonyl (C=O) groups excluding carboxylic acids is 1. The average molecular weight is 870 g/mol. The highest BCUT2D eigenvalue weighted by molar-refractivity contribution is 5.84. The van der Waals surface area contributed by atoms with Gasteiger partial charge in [0, 0.05) is 61.4 Å². The van der Waals surface area contributed by atoms with Gasteiger partial charge in [0.1, 0.15) is 22.7 Å². The van der Waals surface area contributed by atoms with Crippen LogP contribution < -0.4 is 10.6 Å². The zero-order valence-electron chi connectivity index (χ0n) is 35.9. The predicted octanol–water partition coefficient (Wildman–Crippen LogP) is 6.77. The second-order valence-corrected chi connectivity index (χ2v) is 17.0. The third-order valence-electron chi connectivity index (χ3n) is 13.2. The fourth-order valence-corrected chi connectivity index (χ4v) is 9.83. The Morgan fingerprint density at radius 1 is 0.730 bits per heavy atom. The Balaban J connectivity index is 0.000000171. The first-order valence-electron chi connectivity index (χ1n) is 22.5. The summed E-state index contributed by atoms with van der Waals surface area (Å²) in [6, 6.07) is 10.9. The van der Waals surface area contributed by atoms with Crippen LogP contribution in [-0.2, 0) is 12.8 Å². The van der Waals surface area contributed by atoms with Gasteiger partial charge in [-0.05, 0) is 119 Å². The van der Waals surface area contributed by atoms with E-state index in [2.05, 4.69) is 50.9 Å². The predicted molar refractivity (Wildman–Crippen MR) is 235 cm³/mol. The smallest absolute Gasteiger partial charge is 0.317 e. The first-order chi connectivity index (χ1) is 30.3. The molecule has 4 aromatic heterocycles. The molecule has 0 unspecified atom stereocenters. The lowest BCUT2D eigenvalue weighted by molar-refractivity contribution is 0.144. The zero-order valence-corrected chi connectivity index (χ0v) is 35.9. The van der Waals surface area contributed by atoms with Crippen LogP contribution in [0.2, 0.25) is 0 Å². The van der Waals surface area contributed by atoms with E-state index in [9.17, 15) is 13.6 Å². The Bertz CT molecular complexity index is 2460. The Morgan fingerprint density at radius 3 is 1.73 bits per heavy atom. The molecule has 16 nitrogen and oxygen atoms in total. The first-order valence-corrected chi connectivity index (χ1v) is 22.5. The Morgan fingerprint density at radius 2 is 1.25 bits per heavy atom. The van der Waals surface area contributed by atoms with Gasteiger partial charge in [-0.25, -0.2) is 13.6 Å². The topological polar surface area (TPSA) is 164 Å². The van der Waals surface area contributed by atoms with Gasteiger partial charge < -0.3 is 34.4 Å². The molecule has 63 heavy (non-hydrogen) atoms. The van der Waals surface area contributed by atoms with Gasteiger partial charge in [-0.2, -0.15) is 29.5 Å². The molecule has 338 valence electrons. The molecule has 4 fully saturated rings. The van der Waals surface area contributed by atoms with E-state index in [1.165, 1.54) is 34.3 Å². The molecule has 2 aromatic carbocycles. The third-order valence-corrected chi connectivity index (χ3v) is 13.2. The highest BCUT2D eigenvalue weighted by Crippen LogP contribution is 2.32. The Hall–Kier alpha value is -5.33. The number of amides is 2. The van der Waals surface area contributed by atoms with Crippen molar-refractivity contribution in [1.82, 2.24) is 65.2 Å². The summed E-state index contributed by atoms with van der Waals surface area (Å²) in [5.41, 5.74) is 2.44. The fourth-order valence-electron chi connectivity index (χ4n) is 9.83. The van der Waals surface area contributed by atoms with Crippen molar-refractivity contribution in [3.05, 3.63) is 71.2 Å². The van der Waals surface area contributed by atoms with Gasteiger partial charge in [-0.15, -0.1) is 0 Å². The van der Waals surface area contributed by atoms with Gasteiger partial charge in [-0.1, -0.05) is 45.5 Å². The number of piperidine rings is 2. The number of fused-ring (bicyclic) bond motifs is 2. The average Bonchev–Trinajstić information content (AvgIpc) is 4.16. The van der Waals surface area contributed by atoms with Crippen molar-refractivity contribution >= 4 is 27.8 Å². The number of carbonyl (C=O) groups is 1. The van der Waals surface area contributed by atoms with E-state index in [4.69, 9.17) is 9.05 Å². The lowest BCUT2D eigenvalue weighted by atomic mass is 9.96. The van der Waals surface area contributed by atoms with E-state index in [0.29, 0.717) is 47.6 Å². The van der Waals surface area contributed by atoms with Crippen LogP contribution in [0.25, 0.3) is 33.7 Å². The number of halogens is 2. The number of hydrogen-bond donors (Lipinski definition) is 2. The Kier molecular flexibility index (Phi) is 13.8. The number of benzene rings is 2. The van der Waals surface area contributed by atoms with Crippen LogP contribution in [0.4, 0.5) is 13.6 Å². The van der Waals surface area contributed by atoms with Crippen molar-refractivity contribution in [1.29, 1.82) is 0 Å². The van der Waals surface area contributed by atoms with Crippen molar-refractivity contribution < 1.29 is 22.6 Å². The number of hydrogen-bond acceptors (Lipinski definition) is 12. The number of urea groups is 1. The summed E-state index contributed by atoms with van der Waals surface area (Å²) in [6.07, 6.45) is 9.89. The third kappa shape index (κ3) is 9.20. The molecule has 0 spiro atoms. The van der Waals surface area contributed by atoms with Crippen LogP contribution in [0.1, 0.15) is 108 Å². The number of nitrogens with one attached hydrogen (secondary N) is 2. The molecule has 0 aliphatic carbocycles. The van der Waals surface area contributed by atoms with Crippen LogP contribution in [0.15, 0.2) is 45.4 Å². The van der Waals surface area contributed by atoms with Crippen molar-refractivity contribution in [2.24, 2.45) is 0 Å². The highest BCUT2D eigenvalue weighted by Gasteiger charge is 2.33. The highest BCUT2D eigenvalue weighted by atomic mass is 19.1. The lowest BCUT2D eigenvalue weighted by Crippen LogP contribution is -2.47. The Labute approximate surface area is 366 Å². The van der Waals surface area contributed by atoms with Crippen molar-refractivity contribution in [2.45, 2.75) is 109 Å². The minimum atomic E-state index is -0.350. The summed E-state index contributed by atoms with van der Waals surface area (Å²) < 4.78 is 43.2. The van der Waals surface area contributed by atoms with E-state index in [1.54, 1.807) is 19.2 Å². The van der Waals surface area contributed by atoms with Crippen molar-refractivity contribution in [3.63, 3.8) is 0 Å². The van der Waals surface area contributed by atoms with E-state index in [1.807, 2.05) is 30.9 Å². The molecule has 0 radical (unpaired) electrons. The van der Waals surface area contributed by atoms with Crippen LogP contribution >= 0.6 is 0 Å². The summed E-state index contributed by atoms with van der Waals surface area (Å²) in [7, 11) is 1.69.